The Morgan fingerprint density at radius 2 is 1.70 bits per heavy atom. The number of nitrogens with one attached hydrogen (secondary N) is 1. The molecule has 104 valence electrons. The molecule has 1 aromatic carbocycles. The molecule has 4 nitrogen and oxygen atoms in total. The van der Waals surface area contributed by atoms with Crippen LogP contribution in [0, 0.1) is 0 Å². The maximum Gasteiger partial charge on any atom is 0.225 e. The van der Waals surface area contributed by atoms with E-state index >= 15 is 0 Å². The van der Waals surface area contributed by atoms with Gasteiger partial charge in [0, 0.05) is 43.6 Å². The first-order valence-corrected chi connectivity index (χ1v) is 7.08. The molecule has 0 aliphatic carbocycles. The summed E-state index contributed by atoms with van der Waals surface area (Å²) < 4.78 is 0. The zero-order valence-electron chi connectivity index (χ0n) is 12.0. The fraction of sp³-hybridized carbons (Fsp3) is 0.375. The second-order valence-electron chi connectivity index (χ2n) is 5.55. The molecule has 0 radical (unpaired) electrons. The molecule has 1 aliphatic heterocycles. The van der Waals surface area contributed by atoms with Gasteiger partial charge in [-0.2, -0.15) is 0 Å². The number of fused-ring (bicyclic) bond motifs is 1. The third-order valence-corrected chi connectivity index (χ3v) is 3.53. The lowest BCUT2D eigenvalue weighted by atomic mass is 10.1. The molecule has 1 aliphatic rings. The maximum absolute atomic E-state index is 4.50. The van der Waals surface area contributed by atoms with Crippen molar-refractivity contribution >= 4 is 5.95 Å². The highest BCUT2D eigenvalue weighted by molar-refractivity contribution is 5.43. The summed E-state index contributed by atoms with van der Waals surface area (Å²) in [5.74, 6) is 0.814. The van der Waals surface area contributed by atoms with Gasteiger partial charge < -0.3 is 10.2 Å². The highest BCUT2D eigenvalue weighted by Crippen LogP contribution is 2.25. The standard InChI is InChI=1S/C16H20N4/c1-12(2)17-7-13-8-18-16(19-9-13)20-10-14-5-3-4-6-15(14)11-20/h3-6,8-9,12,17H,7,10-11H2,1-2H3. The second-order valence-corrected chi connectivity index (χ2v) is 5.55. The summed E-state index contributed by atoms with van der Waals surface area (Å²) in [4.78, 5) is 11.2. The van der Waals surface area contributed by atoms with Gasteiger partial charge in [-0.25, -0.2) is 9.97 Å². The maximum atomic E-state index is 4.50. The van der Waals surface area contributed by atoms with Crippen molar-refractivity contribution in [1.29, 1.82) is 0 Å². The van der Waals surface area contributed by atoms with Gasteiger partial charge in [0.05, 0.1) is 0 Å². The Hall–Kier alpha value is -1.94. The van der Waals surface area contributed by atoms with Gasteiger partial charge in [0.25, 0.3) is 0 Å². The van der Waals surface area contributed by atoms with Crippen LogP contribution in [0.15, 0.2) is 36.7 Å². The van der Waals surface area contributed by atoms with Crippen molar-refractivity contribution in [3.05, 3.63) is 53.3 Å². The molecule has 0 amide bonds. The van der Waals surface area contributed by atoms with Crippen molar-refractivity contribution in [2.24, 2.45) is 0 Å². The zero-order chi connectivity index (χ0) is 13.9. The Morgan fingerprint density at radius 1 is 1.10 bits per heavy atom. The van der Waals surface area contributed by atoms with E-state index in [0.717, 1.165) is 31.1 Å². The molecule has 2 aromatic rings. The molecule has 2 heterocycles. The summed E-state index contributed by atoms with van der Waals surface area (Å²) in [7, 11) is 0. The SMILES string of the molecule is CC(C)NCc1cnc(N2Cc3ccccc3C2)nc1. The van der Waals surface area contributed by atoms with Gasteiger partial charge in [0.2, 0.25) is 5.95 Å². The van der Waals surface area contributed by atoms with E-state index < -0.39 is 0 Å². The normalized spacial score (nSPS) is 13.8. The van der Waals surface area contributed by atoms with Crippen LogP contribution in [0.5, 0.6) is 0 Å². The monoisotopic (exact) mass is 268 g/mol. The number of rotatable bonds is 4. The first-order valence-electron chi connectivity index (χ1n) is 7.08. The quantitative estimate of drug-likeness (QED) is 0.925. The molecule has 1 N–H and O–H groups in total. The molecular formula is C16H20N4. The van der Waals surface area contributed by atoms with Crippen LogP contribution in [-0.4, -0.2) is 16.0 Å². The van der Waals surface area contributed by atoms with Crippen LogP contribution in [0.1, 0.15) is 30.5 Å². The fourth-order valence-corrected chi connectivity index (χ4v) is 2.40. The van der Waals surface area contributed by atoms with Crippen LogP contribution in [0.2, 0.25) is 0 Å². The Kier molecular flexibility index (Phi) is 3.65. The molecule has 0 fully saturated rings. The van der Waals surface area contributed by atoms with E-state index in [0.29, 0.717) is 6.04 Å². The van der Waals surface area contributed by atoms with Gasteiger partial charge in [-0.3, -0.25) is 0 Å². The van der Waals surface area contributed by atoms with Crippen molar-refractivity contribution < 1.29 is 0 Å². The smallest absolute Gasteiger partial charge is 0.225 e. The average molecular weight is 268 g/mol. The molecule has 0 bridgehead atoms. The molecule has 1 aromatic heterocycles. The first-order chi connectivity index (χ1) is 9.72. The largest absolute Gasteiger partial charge is 0.332 e. The Labute approximate surface area is 119 Å². The minimum atomic E-state index is 0.475. The van der Waals surface area contributed by atoms with E-state index in [-0.39, 0.29) is 0 Å². The molecule has 0 unspecified atom stereocenters. The van der Waals surface area contributed by atoms with Gasteiger partial charge in [-0.1, -0.05) is 38.1 Å². The number of hydrogen-bond donors (Lipinski definition) is 1. The first kappa shape index (κ1) is 13.1. The van der Waals surface area contributed by atoms with Crippen LogP contribution in [0.4, 0.5) is 5.95 Å². The third-order valence-electron chi connectivity index (χ3n) is 3.53. The number of nitrogens with zero attached hydrogens (tertiary/aromatic N) is 3. The van der Waals surface area contributed by atoms with Crippen molar-refractivity contribution in [3.8, 4) is 0 Å². The van der Waals surface area contributed by atoms with E-state index in [1.165, 1.54) is 11.1 Å². The second kappa shape index (κ2) is 5.59. The van der Waals surface area contributed by atoms with Crippen LogP contribution in [0.25, 0.3) is 0 Å². The minimum absolute atomic E-state index is 0.475. The van der Waals surface area contributed by atoms with Crippen LogP contribution < -0.4 is 10.2 Å². The van der Waals surface area contributed by atoms with Crippen LogP contribution in [-0.2, 0) is 19.6 Å². The molecule has 4 heteroatoms. The van der Waals surface area contributed by atoms with Crippen molar-refractivity contribution in [3.63, 3.8) is 0 Å². The summed E-state index contributed by atoms with van der Waals surface area (Å²) >= 11 is 0. The summed E-state index contributed by atoms with van der Waals surface area (Å²) in [5, 5.41) is 3.37. The van der Waals surface area contributed by atoms with Crippen molar-refractivity contribution in [1.82, 2.24) is 15.3 Å². The predicted molar refractivity (Wildman–Crippen MR) is 80.3 cm³/mol. The van der Waals surface area contributed by atoms with E-state index in [4.69, 9.17) is 0 Å². The summed E-state index contributed by atoms with van der Waals surface area (Å²) in [6, 6.07) is 9.00. The Balaban J connectivity index is 1.67. The molecule has 0 spiro atoms. The van der Waals surface area contributed by atoms with Gasteiger partial charge >= 0.3 is 0 Å². The van der Waals surface area contributed by atoms with Gasteiger partial charge in [-0.15, -0.1) is 0 Å². The lowest BCUT2D eigenvalue weighted by Crippen LogP contribution is -2.22. The summed E-state index contributed by atoms with van der Waals surface area (Å²) in [6.45, 7) is 6.89. The Bertz CT molecular complexity index is 552. The molecule has 0 saturated heterocycles. The number of anilines is 1. The molecular weight excluding hydrogens is 248 g/mol. The van der Waals surface area contributed by atoms with Crippen molar-refractivity contribution in [2.45, 2.75) is 39.5 Å². The number of benzene rings is 1. The molecule has 0 saturated carbocycles. The lowest BCUT2D eigenvalue weighted by molar-refractivity contribution is 0.586. The average Bonchev–Trinajstić information content (AvgIpc) is 2.89. The molecule has 3 rings (SSSR count). The fourth-order valence-electron chi connectivity index (χ4n) is 2.40. The summed E-state index contributed by atoms with van der Waals surface area (Å²) in [6.07, 6.45) is 3.83. The highest BCUT2D eigenvalue weighted by Gasteiger charge is 2.20. The molecule has 20 heavy (non-hydrogen) atoms. The lowest BCUT2D eigenvalue weighted by Gasteiger charge is -2.15. The van der Waals surface area contributed by atoms with E-state index in [9.17, 15) is 0 Å². The number of aromatic nitrogens is 2. The summed E-state index contributed by atoms with van der Waals surface area (Å²) in [5.41, 5.74) is 3.88. The van der Waals surface area contributed by atoms with Gasteiger partial charge in [0.15, 0.2) is 0 Å². The van der Waals surface area contributed by atoms with Crippen LogP contribution in [0.3, 0.4) is 0 Å². The predicted octanol–water partition coefficient (Wildman–Crippen LogP) is 2.49. The highest BCUT2D eigenvalue weighted by atomic mass is 15.3. The topological polar surface area (TPSA) is 41.1 Å². The van der Waals surface area contributed by atoms with E-state index in [2.05, 4.69) is 58.3 Å². The van der Waals surface area contributed by atoms with E-state index in [1.807, 2.05) is 12.4 Å². The van der Waals surface area contributed by atoms with Gasteiger partial charge in [-0.05, 0) is 11.1 Å². The zero-order valence-corrected chi connectivity index (χ0v) is 12.0. The van der Waals surface area contributed by atoms with Crippen LogP contribution >= 0.6 is 0 Å². The third kappa shape index (κ3) is 2.80. The van der Waals surface area contributed by atoms with E-state index in [1.54, 1.807) is 0 Å². The van der Waals surface area contributed by atoms with Gasteiger partial charge in [0.1, 0.15) is 0 Å². The van der Waals surface area contributed by atoms with Crippen molar-refractivity contribution in [2.75, 3.05) is 4.90 Å². The number of hydrogen-bond acceptors (Lipinski definition) is 4. The molecule has 0 atom stereocenters. The minimum Gasteiger partial charge on any atom is -0.332 e. The Morgan fingerprint density at radius 3 is 2.25 bits per heavy atom.